The number of halogens is 1. The zero-order valence-electron chi connectivity index (χ0n) is 21.8. The van der Waals surface area contributed by atoms with Crippen molar-refractivity contribution in [2.75, 3.05) is 19.1 Å². The third-order valence-electron chi connectivity index (χ3n) is 6.24. The Balaban J connectivity index is 1.68. The molecule has 0 saturated carbocycles. The van der Waals surface area contributed by atoms with Crippen molar-refractivity contribution in [3.63, 3.8) is 0 Å². The molecule has 9 heteroatoms. The van der Waals surface area contributed by atoms with Crippen molar-refractivity contribution < 1.29 is 37.7 Å². The topological polar surface area (TPSA) is 83.5 Å². The van der Waals surface area contributed by atoms with Crippen molar-refractivity contribution in [3.05, 3.63) is 84.2 Å². The second kappa shape index (κ2) is 11.0. The Morgan fingerprint density at radius 2 is 1.66 bits per heavy atom. The fraction of sp³-hybridized carbons (Fsp3) is 0.310. The van der Waals surface area contributed by atoms with Crippen LogP contribution >= 0.6 is 0 Å². The Hall–Kier alpha value is -4.27. The summed E-state index contributed by atoms with van der Waals surface area (Å²) in [6, 6.07) is 18.8. The first-order chi connectivity index (χ1) is 18.2. The summed E-state index contributed by atoms with van der Waals surface area (Å²) in [6.45, 7) is 4.84. The van der Waals surface area contributed by atoms with Gasteiger partial charge >= 0.3 is 12.1 Å². The number of carbonyl (C=O) groups is 2. The zero-order chi connectivity index (χ0) is 27.4. The molecule has 0 N–H and O–H groups in total. The fourth-order valence-electron chi connectivity index (χ4n) is 4.38. The number of hydrogen-bond donors (Lipinski definition) is 0. The van der Waals surface area contributed by atoms with Gasteiger partial charge in [0.05, 0.1) is 14.2 Å². The van der Waals surface area contributed by atoms with Crippen LogP contribution in [0.3, 0.4) is 0 Å². The molecule has 1 saturated heterocycles. The molecule has 8 nitrogen and oxygen atoms in total. The summed E-state index contributed by atoms with van der Waals surface area (Å²) >= 11 is 0. The van der Waals surface area contributed by atoms with Crippen LogP contribution in [-0.4, -0.2) is 44.1 Å². The summed E-state index contributed by atoms with van der Waals surface area (Å²) in [4.78, 5) is 27.8. The van der Waals surface area contributed by atoms with Crippen molar-refractivity contribution in [2.45, 2.75) is 44.6 Å². The number of hydrogen-bond acceptors (Lipinski definition) is 7. The minimum absolute atomic E-state index is 0.390. The van der Waals surface area contributed by atoms with Gasteiger partial charge in [-0.3, -0.25) is 4.90 Å². The largest absolute Gasteiger partial charge is 0.493 e. The maximum atomic E-state index is 13.7. The minimum atomic E-state index is -1.32. The maximum absolute atomic E-state index is 13.7. The van der Waals surface area contributed by atoms with E-state index in [-0.39, 0.29) is 0 Å². The second-order valence-electron chi connectivity index (χ2n) is 9.26. The van der Waals surface area contributed by atoms with E-state index in [0.29, 0.717) is 28.5 Å². The third-order valence-corrected chi connectivity index (χ3v) is 6.24. The van der Waals surface area contributed by atoms with Gasteiger partial charge in [-0.15, -0.1) is 0 Å². The molecular weight excluding hydrogens is 493 g/mol. The first-order valence-corrected chi connectivity index (χ1v) is 12.1. The first kappa shape index (κ1) is 26.8. The molecule has 0 aromatic heterocycles. The molecule has 1 aliphatic heterocycles. The van der Waals surface area contributed by atoms with Crippen molar-refractivity contribution >= 4 is 17.7 Å². The SMILES string of the molecule is COc1cccc([C@@H]2[C@@H](C(C)OC(=O)C(C)(C)Oc3ccccc3)OC(=O)N2c2ccc(F)cc2)c1OC. The number of ether oxygens (including phenoxy) is 5. The lowest BCUT2D eigenvalue weighted by Gasteiger charge is -2.31. The van der Waals surface area contributed by atoms with Gasteiger partial charge in [0.1, 0.15) is 23.7 Å². The molecule has 1 aliphatic rings. The van der Waals surface area contributed by atoms with E-state index < -0.39 is 41.7 Å². The molecule has 3 atom stereocenters. The van der Waals surface area contributed by atoms with E-state index in [1.807, 2.05) is 6.07 Å². The highest BCUT2D eigenvalue weighted by molar-refractivity contribution is 5.91. The van der Waals surface area contributed by atoms with E-state index in [4.69, 9.17) is 23.7 Å². The predicted octanol–water partition coefficient (Wildman–Crippen LogP) is 5.70. The molecular formula is C29H30FNO7. The number of methoxy groups -OCH3 is 2. The van der Waals surface area contributed by atoms with Gasteiger partial charge in [-0.05, 0) is 63.2 Å². The summed E-state index contributed by atoms with van der Waals surface area (Å²) in [6.07, 6.45) is -2.51. The highest BCUT2D eigenvalue weighted by atomic mass is 19.1. The summed E-state index contributed by atoms with van der Waals surface area (Å²) in [5, 5.41) is 0. The molecule has 0 aliphatic carbocycles. The lowest BCUT2D eigenvalue weighted by Crippen LogP contribution is -2.44. The number of para-hydroxylation sites is 2. The van der Waals surface area contributed by atoms with Crippen LogP contribution in [0.4, 0.5) is 14.9 Å². The maximum Gasteiger partial charge on any atom is 0.415 e. The van der Waals surface area contributed by atoms with Crippen molar-refractivity contribution in [1.29, 1.82) is 0 Å². The predicted molar refractivity (Wildman–Crippen MR) is 138 cm³/mol. The van der Waals surface area contributed by atoms with Gasteiger partial charge < -0.3 is 23.7 Å². The van der Waals surface area contributed by atoms with Crippen molar-refractivity contribution in [2.24, 2.45) is 0 Å². The fourth-order valence-corrected chi connectivity index (χ4v) is 4.38. The Morgan fingerprint density at radius 3 is 2.29 bits per heavy atom. The average molecular weight is 524 g/mol. The van der Waals surface area contributed by atoms with Gasteiger partial charge in [-0.1, -0.05) is 30.3 Å². The molecule has 1 fully saturated rings. The summed E-state index contributed by atoms with van der Waals surface area (Å²) in [7, 11) is 3.00. The van der Waals surface area contributed by atoms with Gasteiger partial charge in [-0.25, -0.2) is 14.0 Å². The number of esters is 1. The summed E-state index contributed by atoms with van der Waals surface area (Å²) in [5.41, 5.74) is -0.354. The van der Waals surface area contributed by atoms with Crippen LogP contribution in [0.15, 0.2) is 72.8 Å². The first-order valence-electron chi connectivity index (χ1n) is 12.1. The van der Waals surface area contributed by atoms with E-state index in [0.717, 1.165) is 0 Å². The Bertz CT molecular complexity index is 1280. The molecule has 0 spiro atoms. The van der Waals surface area contributed by atoms with Crippen LogP contribution in [0.2, 0.25) is 0 Å². The summed E-state index contributed by atoms with van der Waals surface area (Å²) in [5.74, 6) is 0.263. The molecule has 1 unspecified atom stereocenters. The number of benzene rings is 3. The molecule has 200 valence electrons. The molecule has 1 amide bonds. The van der Waals surface area contributed by atoms with E-state index in [9.17, 15) is 14.0 Å². The molecule has 0 bridgehead atoms. The van der Waals surface area contributed by atoms with Crippen molar-refractivity contribution in [1.82, 2.24) is 0 Å². The Kier molecular flexibility index (Phi) is 7.75. The van der Waals surface area contributed by atoms with Gasteiger partial charge in [0.15, 0.2) is 23.2 Å². The van der Waals surface area contributed by atoms with Crippen LogP contribution in [0, 0.1) is 5.82 Å². The smallest absolute Gasteiger partial charge is 0.415 e. The van der Waals surface area contributed by atoms with E-state index >= 15 is 0 Å². The van der Waals surface area contributed by atoms with Crippen LogP contribution < -0.4 is 19.1 Å². The molecule has 1 heterocycles. The molecule has 4 rings (SSSR count). The normalized spacial score (nSPS) is 17.9. The van der Waals surface area contributed by atoms with Crippen LogP contribution in [-0.2, 0) is 14.3 Å². The number of cyclic esters (lactones) is 1. The van der Waals surface area contributed by atoms with Crippen LogP contribution in [0.1, 0.15) is 32.4 Å². The average Bonchev–Trinajstić information content (AvgIpc) is 3.25. The molecule has 0 radical (unpaired) electrons. The standard InChI is InChI=1S/C29H30FNO7/c1-18(36-27(32)29(2,3)38-21-10-7-6-8-11-21)25-24(22-12-9-13-23(34-4)26(22)35-5)31(28(33)37-25)20-16-14-19(30)15-17-20/h6-18,24-25H,1-5H3/t18?,24-,25-/m1/s1. The number of nitrogens with zero attached hydrogens (tertiary/aromatic N) is 1. The quantitative estimate of drug-likeness (QED) is 0.333. The second-order valence-corrected chi connectivity index (χ2v) is 9.26. The van der Waals surface area contributed by atoms with E-state index in [1.54, 1.807) is 63.2 Å². The highest BCUT2D eigenvalue weighted by Gasteiger charge is 2.49. The lowest BCUT2D eigenvalue weighted by atomic mass is 9.95. The van der Waals surface area contributed by atoms with Gasteiger partial charge in [-0.2, -0.15) is 0 Å². The Morgan fingerprint density at radius 1 is 0.974 bits per heavy atom. The zero-order valence-corrected chi connectivity index (χ0v) is 21.8. The minimum Gasteiger partial charge on any atom is -0.493 e. The number of anilines is 1. The number of rotatable bonds is 9. The van der Waals surface area contributed by atoms with E-state index in [1.165, 1.54) is 43.4 Å². The van der Waals surface area contributed by atoms with Crippen molar-refractivity contribution in [3.8, 4) is 17.2 Å². The van der Waals surface area contributed by atoms with Crippen LogP contribution in [0.5, 0.6) is 17.2 Å². The molecule has 3 aromatic rings. The van der Waals surface area contributed by atoms with E-state index in [2.05, 4.69) is 0 Å². The number of carbonyl (C=O) groups excluding carboxylic acids is 2. The number of amides is 1. The molecule has 38 heavy (non-hydrogen) atoms. The van der Waals surface area contributed by atoms with Crippen LogP contribution in [0.25, 0.3) is 0 Å². The third kappa shape index (κ3) is 5.37. The highest BCUT2D eigenvalue weighted by Crippen LogP contribution is 2.45. The monoisotopic (exact) mass is 523 g/mol. The Labute approximate surface area is 220 Å². The van der Waals surface area contributed by atoms with Gasteiger partial charge in [0.2, 0.25) is 0 Å². The lowest BCUT2D eigenvalue weighted by molar-refractivity contribution is -0.169. The van der Waals surface area contributed by atoms with Gasteiger partial charge in [0.25, 0.3) is 0 Å². The summed E-state index contributed by atoms with van der Waals surface area (Å²) < 4.78 is 42.2. The van der Waals surface area contributed by atoms with Gasteiger partial charge in [0, 0.05) is 11.3 Å². The molecule has 3 aromatic carbocycles.